The van der Waals surface area contributed by atoms with Crippen LogP contribution in [0.2, 0.25) is 0 Å². The zero-order valence-corrected chi connectivity index (χ0v) is 11.1. The molecule has 94 valence electrons. The molecule has 1 aliphatic rings. The van der Waals surface area contributed by atoms with Gasteiger partial charge in [-0.1, -0.05) is 29.8 Å². The molecule has 1 aromatic carbocycles. The van der Waals surface area contributed by atoms with Gasteiger partial charge in [0.25, 0.3) is 0 Å². The van der Waals surface area contributed by atoms with Crippen molar-refractivity contribution >= 4 is 0 Å². The summed E-state index contributed by atoms with van der Waals surface area (Å²) in [5, 5.41) is 3.69. The number of rotatable bonds is 4. The second kappa shape index (κ2) is 5.65. The third kappa shape index (κ3) is 3.30. The molecular weight excluding hydrogens is 210 g/mol. The van der Waals surface area contributed by atoms with Crippen molar-refractivity contribution in [2.75, 3.05) is 13.2 Å². The standard InChI is InChI=1S/C15H23NO/c1-11-5-4-6-14(9-11)12(2)16-13(3)15-7-8-17-10-15/h4-6,9,12-13,15-16H,7-8,10H2,1-3H3. The first-order valence-electron chi connectivity index (χ1n) is 6.57. The molecule has 3 unspecified atom stereocenters. The van der Waals surface area contributed by atoms with Gasteiger partial charge in [0.1, 0.15) is 0 Å². The average Bonchev–Trinajstić information content (AvgIpc) is 2.82. The van der Waals surface area contributed by atoms with E-state index in [2.05, 4.69) is 50.4 Å². The van der Waals surface area contributed by atoms with Crippen molar-refractivity contribution in [2.24, 2.45) is 5.92 Å². The maximum Gasteiger partial charge on any atom is 0.0509 e. The molecular formula is C15H23NO. The van der Waals surface area contributed by atoms with Gasteiger partial charge in [0.05, 0.1) is 6.61 Å². The molecule has 1 N–H and O–H groups in total. The van der Waals surface area contributed by atoms with E-state index >= 15 is 0 Å². The molecule has 3 atom stereocenters. The summed E-state index contributed by atoms with van der Waals surface area (Å²) in [4.78, 5) is 0. The summed E-state index contributed by atoms with van der Waals surface area (Å²) in [6.45, 7) is 8.49. The molecule has 1 heterocycles. The maximum atomic E-state index is 5.44. The summed E-state index contributed by atoms with van der Waals surface area (Å²) in [5.74, 6) is 0.669. The van der Waals surface area contributed by atoms with Crippen LogP contribution < -0.4 is 5.32 Å². The fourth-order valence-electron chi connectivity index (χ4n) is 2.51. The first-order valence-corrected chi connectivity index (χ1v) is 6.57. The van der Waals surface area contributed by atoms with E-state index in [4.69, 9.17) is 4.74 Å². The lowest BCUT2D eigenvalue weighted by molar-refractivity contribution is 0.177. The van der Waals surface area contributed by atoms with Crippen LogP contribution in [0.1, 0.15) is 37.4 Å². The summed E-state index contributed by atoms with van der Waals surface area (Å²) in [6, 6.07) is 9.66. The second-order valence-electron chi connectivity index (χ2n) is 5.21. The van der Waals surface area contributed by atoms with Crippen molar-refractivity contribution in [1.82, 2.24) is 5.32 Å². The van der Waals surface area contributed by atoms with Gasteiger partial charge in [0, 0.05) is 18.7 Å². The molecule has 0 aliphatic carbocycles. The molecule has 17 heavy (non-hydrogen) atoms. The molecule has 2 rings (SSSR count). The van der Waals surface area contributed by atoms with Crippen molar-refractivity contribution < 1.29 is 4.74 Å². The van der Waals surface area contributed by atoms with Crippen molar-refractivity contribution in [3.63, 3.8) is 0 Å². The highest BCUT2D eigenvalue weighted by Crippen LogP contribution is 2.20. The van der Waals surface area contributed by atoms with Gasteiger partial charge in [-0.25, -0.2) is 0 Å². The van der Waals surface area contributed by atoms with Gasteiger partial charge in [-0.15, -0.1) is 0 Å². The van der Waals surface area contributed by atoms with E-state index in [1.807, 2.05) is 0 Å². The zero-order valence-electron chi connectivity index (χ0n) is 11.1. The van der Waals surface area contributed by atoms with Crippen molar-refractivity contribution in [3.05, 3.63) is 35.4 Å². The Morgan fingerprint density at radius 3 is 2.82 bits per heavy atom. The quantitative estimate of drug-likeness (QED) is 0.863. The monoisotopic (exact) mass is 233 g/mol. The first-order chi connectivity index (χ1) is 8.16. The van der Waals surface area contributed by atoms with Crippen LogP contribution in [0.5, 0.6) is 0 Å². The lowest BCUT2D eigenvalue weighted by atomic mass is 9.98. The smallest absolute Gasteiger partial charge is 0.0509 e. The van der Waals surface area contributed by atoms with Gasteiger partial charge < -0.3 is 10.1 Å². The van der Waals surface area contributed by atoms with Gasteiger partial charge in [-0.3, -0.25) is 0 Å². The molecule has 0 aromatic heterocycles. The lowest BCUT2D eigenvalue weighted by Gasteiger charge is -2.24. The first kappa shape index (κ1) is 12.6. The second-order valence-corrected chi connectivity index (χ2v) is 5.21. The van der Waals surface area contributed by atoms with E-state index in [0.29, 0.717) is 18.0 Å². The minimum Gasteiger partial charge on any atom is -0.381 e. The van der Waals surface area contributed by atoms with Gasteiger partial charge in [0.2, 0.25) is 0 Å². The molecule has 0 radical (unpaired) electrons. The highest BCUT2D eigenvalue weighted by molar-refractivity contribution is 5.24. The van der Waals surface area contributed by atoms with E-state index in [9.17, 15) is 0 Å². The minimum atomic E-state index is 0.408. The molecule has 2 heteroatoms. The van der Waals surface area contributed by atoms with E-state index in [1.165, 1.54) is 17.5 Å². The lowest BCUT2D eigenvalue weighted by Crippen LogP contribution is -2.35. The largest absolute Gasteiger partial charge is 0.381 e. The summed E-state index contributed by atoms with van der Waals surface area (Å²) in [5.41, 5.74) is 2.70. The molecule has 1 aliphatic heterocycles. The number of hydrogen-bond donors (Lipinski definition) is 1. The van der Waals surface area contributed by atoms with Crippen LogP contribution in [0.4, 0.5) is 0 Å². The van der Waals surface area contributed by atoms with Crippen molar-refractivity contribution in [1.29, 1.82) is 0 Å². The number of ether oxygens (including phenoxy) is 1. The predicted molar refractivity (Wildman–Crippen MR) is 71.1 cm³/mol. The number of aryl methyl sites for hydroxylation is 1. The van der Waals surface area contributed by atoms with Crippen molar-refractivity contribution in [2.45, 2.75) is 39.3 Å². The normalized spacial score (nSPS) is 23.6. The topological polar surface area (TPSA) is 21.3 Å². The number of hydrogen-bond acceptors (Lipinski definition) is 2. The molecule has 0 saturated carbocycles. The third-order valence-electron chi connectivity index (χ3n) is 3.73. The van der Waals surface area contributed by atoms with Crippen LogP contribution in [0.15, 0.2) is 24.3 Å². The van der Waals surface area contributed by atoms with Crippen molar-refractivity contribution in [3.8, 4) is 0 Å². The molecule has 2 nitrogen and oxygen atoms in total. The van der Waals surface area contributed by atoms with Crippen LogP contribution in [0.25, 0.3) is 0 Å². The van der Waals surface area contributed by atoms with Crippen LogP contribution in [0.3, 0.4) is 0 Å². The SMILES string of the molecule is Cc1cccc(C(C)NC(C)C2CCOC2)c1. The molecule has 0 spiro atoms. The molecule has 0 amide bonds. The fraction of sp³-hybridized carbons (Fsp3) is 0.600. The third-order valence-corrected chi connectivity index (χ3v) is 3.73. The Balaban J connectivity index is 1.93. The van der Waals surface area contributed by atoms with Gasteiger partial charge in [-0.05, 0) is 38.7 Å². The molecule has 0 bridgehead atoms. The Morgan fingerprint density at radius 1 is 1.35 bits per heavy atom. The van der Waals surface area contributed by atoms with E-state index in [0.717, 1.165) is 13.2 Å². The van der Waals surface area contributed by atoms with Gasteiger partial charge >= 0.3 is 0 Å². The number of benzene rings is 1. The Hall–Kier alpha value is -0.860. The summed E-state index contributed by atoms with van der Waals surface area (Å²) >= 11 is 0. The van der Waals surface area contributed by atoms with Crippen LogP contribution >= 0.6 is 0 Å². The van der Waals surface area contributed by atoms with E-state index < -0.39 is 0 Å². The highest BCUT2D eigenvalue weighted by atomic mass is 16.5. The van der Waals surface area contributed by atoms with Crippen LogP contribution in [0, 0.1) is 12.8 Å². The van der Waals surface area contributed by atoms with E-state index in [1.54, 1.807) is 0 Å². The van der Waals surface area contributed by atoms with Crippen LogP contribution in [-0.4, -0.2) is 19.3 Å². The summed E-state index contributed by atoms with van der Waals surface area (Å²) in [6.07, 6.45) is 1.19. The van der Waals surface area contributed by atoms with Gasteiger partial charge in [-0.2, -0.15) is 0 Å². The predicted octanol–water partition coefficient (Wildman–Crippen LogP) is 3.07. The summed E-state index contributed by atoms with van der Waals surface area (Å²) in [7, 11) is 0. The molecule has 1 saturated heterocycles. The number of nitrogens with one attached hydrogen (secondary N) is 1. The molecule has 1 aromatic rings. The Labute approximate surface area is 104 Å². The average molecular weight is 233 g/mol. The Kier molecular flexibility index (Phi) is 4.19. The minimum absolute atomic E-state index is 0.408. The Bertz CT molecular complexity index is 358. The Morgan fingerprint density at radius 2 is 2.18 bits per heavy atom. The zero-order chi connectivity index (χ0) is 12.3. The highest BCUT2D eigenvalue weighted by Gasteiger charge is 2.23. The van der Waals surface area contributed by atoms with Crippen LogP contribution in [-0.2, 0) is 4.74 Å². The maximum absolute atomic E-state index is 5.44. The fourth-order valence-corrected chi connectivity index (χ4v) is 2.51. The molecule has 1 fully saturated rings. The summed E-state index contributed by atoms with van der Waals surface area (Å²) < 4.78 is 5.44. The van der Waals surface area contributed by atoms with E-state index in [-0.39, 0.29) is 0 Å². The van der Waals surface area contributed by atoms with Gasteiger partial charge in [0.15, 0.2) is 0 Å².